The van der Waals surface area contributed by atoms with Crippen LogP contribution in [0.3, 0.4) is 0 Å². The van der Waals surface area contributed by atoms with E-state index in [-0.39, 0.29) is 17.2 Å². The fraction of sp³-hybridized carbons (Fsp3) is 0.909. The fourth-order valence-electron chi connectivity index (χ4n) is 1.83. The maximum atomic E-state index is 11.0. The van der Waals surface area contributed by atoms with Crippen molar-refractivity contribution in [2.45, 2.75) is 26.7 Å². The normalized spacial score (nSPS) is 23.3. The van der Waals surface area contributed by atoms with E-state index in [1.165, 1.54) is 0 Å². The molecular weight excluding hydrogens is 190 g/mol. The third-order valence-electron chi connectivity index (χ3n) is 3.33. The second-order valence-electron chi connectivity index (χ2n) is 5.31. The van der Waals surface area contributed by atoms with Gasteiger partial charge in [0.1, 0.15) is 0 Å². The molecule has 0 bridgehead atoms. The molecule has 1 saturated heterocycles. The van der Waals surface area contributed by atoms with Crippen molar-refractivity contribution < 1.29 is 4.79 Å². The summed E-state index contributed by atoms with van der Waals surface area (Å²) in [5, 5.41) is 0. The Balaban J connectivity index is 2.28. The lowest BCUT2D eigenvalue weighted by Gasteiger charge is -2.25. The van der Waals surface area contributed by atoms with Gasteiger partial charge in [0.15, 0.2) is 0 Å². The Labute approximate surface area is 92.0 Å². The molecule has 0 radical (unpaired) electrons. The molecule has 4 N–H and O–H groups in total. The Morgan fingerprint density at radius 1 is 1.53 bits per heavy atom. The second-order valence-corrected chi connectivity index (χ2v) is 5.31. The van der Waals surface area contributed by atoms with Gasteiger partial charge in [-0.3, -0.25) is 4.79 Å². The first-order valence-corrected chi connectivity index (χ1v) is 5.66. The van der Waals surface area contributed by atoms with Gasteiger partial charge in [0, 0.05) is 6.54 Å². The minimum Gasteiger partial charge on any atom is -0.369 e. The predicted molar refractivity (Wildman–Crippen MR) is 61.2 cm³/mol. The van der Waals surface area contributed by atoms with Crippen molar-refractivity contribution in [3.63, 3.8) is 0 Å². The van der Waals surface area contributed by atoms with E-state index in [1.807, 2.05) is 0 Å². The van der Waals surface area contributed by atoms with Crippen LogP contribution in [0.15, 0.2) is 0 Å². The Morgan fingerprint density at radius 3 is 2.67 bits per heavy atom. The van der Waals surface area contributed by atoms with Crippen LogP contribution in [0.4, 0.5) is 0 Å². The average Bonchev–Trinajstić information content (AvgIpc) is 2.63. The van der Waals surface area contributed by atoms with Crippen LogP contribution in [0, 0.1) is 11.3 Å². The summed E-state index contributed by atoms with van der Waals surface area (Å²) in [5.74, 6) is -0.0958. The molecule has 0 aromatic heterocycles. The van der Waals surface area contributed by atoms with Crippen LogP contribution in [0.5, 0.6) is 0 Å². The van der Waals surface area contributed by atoms with Crippen molar-refractivity contribution in [1.29, 1.82) is 0 Å². The van der Waals surface area contributed by atoms with E-state index < -0.39 is 0 Å². The SMILES string of the molecule is CC(C)(CN)CCN1CCC(C(N)=O)C1. The molecule has 1 heterocycles. The lowest BCUT2D eigenvalue weighted by molar-refractivity contribution is -0.121. The Morgan fingerprint density at radius 2 is 2.20 bits per heavy atom. The molecule has 1 fully saturated rings. The molecule has 0 aliphatic carbocycles. The van der Waals surface area contributed by atoms with Gasteiger partial charge in [-0.15, -0.1) is 0 Å². The zero-order valence-corrected chi connectivity index (χ0v) is 9.83. The molecule has 1 aliphatic heterocycles. The highest BCUT2D eigenvalue weighted by Gasteiger charge is 2.27. The van der Waals surface area contributed by atoms with Crippen LogP contribution in [-0.2, 0) is 4.79 Å². The van der Waals surface area contributed by atoms with E-state index in [2.05, 4.69) is 18.7 Å². The summed E-state index contributed by atoms with van der Waals surface area (Å²) in [4.78, 5) is 13.3. The molecule has 1 aliphatic rings. The molecule has 0 aromatic rings. The van der Waals surface area contributed by atoms with Gasteiger partial charge < -0.3 is 16.4 Å². The van der Waals surface area contributed by atoms with Gasteiger partial charge in [0.2, 0.25) is 5.91 Å². The van der Waals surface area contributed by atoms with E-state index in [0.29, 0.717) is 6.54 Å². The maximum Gasteiger partial charge on any atom is 0.221 e. The summed E-state index contributed by atoms with van der Waals surface area (Å²) < 4.78 is 0. The van der Waals surface area contributed by atoms with Gasteiger partial charge in [-0.1, -0.05) is 13.8 Å². The molecule has 1 unspecified atom stereocenters. The largest absolute Gasteiger partial charge is 0.369 e. The summed E-state index contributed by atoms with van der Waals surface area (Å²) in [7, 11) is 0. The lowest BCUT2D eigenvalue weighted by atomic mass is 9.89. The fourth-order valence-corrected chi connectivity index (χ4v) is 1.83. The van der Waals surface area contributed by atoms with Crippen molar-refractivity contribution in [3.8, 4) is 0 Å². The molecule has 4 heteroatoms. The molecule has 0 spiro atoms. The number of hydrogen-bond donors (Lipinski definition) is 2. The van der Waals surface area contributed by atoms with E-state index in [0.717, 1.165) is 32.5 Å². The zero-order chi connectivity index (χ0) is 11.5. The monoisotopic (exact) mass is 213 g/mol. The summed E-state index contributed by atoms with van der Waals surface area (Å²) >= 11 is 0. The van der Waals surface area contributed by atoms with E-state index in [4.69, 9.17) is 11.5 Å². The molecule has 0 aromatic carbocycles. The quantitative estimate of drug-likeness (QED) is 0.683. The van der Waals surface area contributed by atoms with Crippen molar-refractivity contribution >= 4 is 5.91 Å². The van der Waals surface area contributed by atoms with Crippen molar-refractivity contribution in [2.24, 2.45) is 22.8 Å². The number of carbonyl (C=O) groups is 1. The standard InChI is InChI=1S/C11H23N3O/c1-11(2,8-12)4-6-14-5-3-9(7-14)10(13)15/h9H,3-8,12H2,1-2H3,(H2,13,15). The van der Waals surface area contributed by atoms with Gasteiger partial charge >= 0.3 is 0 Å². The number of nitrogens with two attached hydrogens (primary N) is 2. The van der Waals surface area contributed by atoms with Crippen molar-refractivity contribution in [3.05, 3.63) is 0 Å². The molecule has 88 valence electrons. The number of rotatable bonds is 5. The second kappa shape index (κ2) is 4.94. The molecule has 1 atom stereocenters. The highest BCUT2D eigenvalue weighted by molar-refractivity contribution is 5.77. The summed E-state index contributed by atoms with van der Waals surface area (Å²) in [6.07, 6.45) is 1.99. The van der Waals surface area contributed by atoms with Gasteiger partial charge in [0.25, 0.3) is 0 Å². The number of amides is 1. The minimum absolute atomic E-state index is 0.0611. The number of hydrogen-bond acceptors (Lipinski definition) is 3. The average molecular weight is 213 g/mol. The first-order valence-electron chi connectivity index (χ1n) is 5.66. The number of carbonyl (C=O) groups excluding carboxylic acids is 1. The number of nitrogens with zero attached hydrogens (tertiary/aromatic N) is 1. The number of likely N-dealkylation sites (tertiary alicyclic amines) is 1. The molecule has 1 rings (SSSR count). The third-order valence-corrected chi connectivity index (χ3v) is 3.33. The third kappa shape index (κ3) is 3.80. The summed E-state index contributed by atoms with van der Waals surface area (Å²) in [6.45, 7) is 7.90. The zero-order valence-electron chi connectivity index (χ0n) is 9.83. The number of primary amides is 1. The molecular formula is C11H23N3O. The molecule has 0 saturated carbocycles. The molecule has 4 nitrogen and oxygen atoms in total. The Bertz CT molecular complexity index is 228. The Kier molecular flexibility index (Phi) is 4.11. The highest BCUT2D eigenvalue weighted by Crippen LogP contribution is 2.22. The van der Waals surface area contributed by atoms with Gasteiger partial charge in [-0.2, -0.15) is 0 Å². The molecule has 1 amide bonds. The van der Waals surface area contributed by atoms with Crippen LogP contribution in [0.25, 0.3) is 0 Å². The van der Waals surface area contributed by atoms with Gasteiger partial charge in [0.05, 0.1) is 5.92 Å². The summed E-state index contributed by atoms with van der Waals surface area (Å²) in [6, 6.07) is 0. The van der Waals surface area contributed by atoms with E-state index in [1.54, 1.807) is 0 Å². The first-order chi connectivity index (χ1) is 6.94. The van der Waals surface area contributed by atoms with Crippen LogP contribution in [0.2, 0.25) is 0 Å². The van der Waals surface area contributed by atoms with Crippen molar-refractivity contribution in [2.75, 3.05) is 26.2 Å². The lowest BCUT2D eigenvalue weighted by Crippen LogP contribution is -2.32. The van der Waals surface area contributed by atoms with Crippen LogP contribution in [0.1, 0.15) is 26.7 Å². The first kappa shape index (κ1) is 12.5. The minimum atomic E-state index is -0.157. The summed E-state index contributed by atoms with van der Waals surface area (Å²) in [5.41, 5.74) is 11.2. The highest BCUT2D eigenvalue weighted by atomic mass is 16.1. The maximum absolute atomic E-state index is 11.0. The van der Waals surface area contributed by atoms with E-state index in [9.17, 15) is 4.79 Å². The van der Waals surface area contributed by atoms with Crippen molar-refractivity contribution in [1.82, 2.24) is 4.90 Å². The predicted octanol–water partition coefficient (Wildman–Crippen LogP) is 0.169. The van der Waals surface area contributed by atoms with Crippen LogP contribution in [-0.4, -0.2) is 37.0 Å². The van der Waals surface area contributed by atoms with Crippen LogP contribution < -0.4 is 11.5 Å². The van der Waals surface area contributed by atoms with Crippen LogP contribution >= 0.6 is 0 Å². The smallest absolute Gasteiger partial charge is 0.221 e. The Hall–Kier alpha value is -0.610. The van der Waals surface area contributed by atoms with Gasteiger partial charge in [-0.25, -0.2) is 0 Å². The van der Waals surface area contributed by atoms with Gasteiger partial charge in [-0.05, 0) is 37.9 Å². The van der Waals surface area contributed by atoms with E-state index >= 15 is 0 Å². The topological polar surface area (TPSA) is 72.3 Å². The molecule has 15 heavy (non-hydrogen) atoms.